The smallest absolute Gasteiger partial charge is 0.211 e. The average Bonchev–Trinajstić information content (AvgIpc) is 2.81. The molecule has 2 aromatic heterocycles. The van der Waals surface area contributed by atoms with E-state index in [-0.39, 0.29) is 11.3 Å². The Hall–Kier alpha value is -2.57. The van der Waals surface area contributed by atoms with Gasteiger partial charge in [-0.15, -0.1) is 0 Å². The number of imidazole rings is 1. The number of nitrogens with zero attached hydrogens (tertiary/aromatic N) is 2. The summed E-state index contributed by atoms with van der Waals surface area (Å²) in [5.74, 6) is -5.01. The first-order chi connectivity index (χ1) is 10.4. The van der Waals surface area contributed by atoms with Gasteiger partial charge in [0.25, 0.3) is 0 Å². The zero-order valence-electron chi connectivity index (χ0n) is 11.8. The molecule has 2 heterocycles. The summed E-state index contributed by atoms with van der Waals surface area (Å²) in [5.41, 5.74) is 1.82. The van der Waals surface area contributed by atoms with Crippen LogP contribution in [-0.2, 0) is 0 Å². The van der Waals surface area contributed by atoms with Crippen molar-refractivity contribution < 1.29 is 18.0 Å². The maximum atomic E-state index is 13.3. The Labute approximate surface area is 124 Å². The number of rotatable bonds is 2. The predicted molar refractivity (Wildman–Crippen MR) is 77.9 cm³/mol. The Kier molecular flexibility index (Phi) is 3.28. The fraction of sp³-hybridized carbons (Fsp3) is 0.0667. The molecule has 110 valence electrons. The van der Waals surface area contributed by atoms with Crippen molar-refractivity contribution in [1.82, 2.24) is 9.38 Å². The molecule has 0 N–H and O–H groups in total. The molecule has 0 aliphatic carbocycles. The summed E-state index contributed by atoms with van der Waals surface area (Å²) in [6, 6.07) is 4.96. The molecule has 22 heavy (non-hydrogen) atoms. The molecule has 1 aromatic carbocycles. The minimum Gasteiger partial charge on any atom is -0.297 e. The lowest BCUT2D eigenvalue weighted by molar-refractivity contribution is 0.103. The summed E-state index contributed by atoms with van der Waals surface area (Å²) < 4.78 is 41.2. The standard InChI is InChI=1S/C15H10BF3N2O/c1-7-13(21-4-2-3-9(16)15(21)20-7)14(22)8-5-10(17)12(19)11(18)6-8/h2-6H,16H2,1H3. The first-order valence-electron chi connectivity index (χ1n) is 6.53. The van der Waals surface area contributed by atoms with Gasteiger partial charge in [0.15, 0.2) is 17.5 Å². The Balaban J connectivity index is 2.22. The normalized spacial score (nSPS) is 11.1. The lowest BCUT2D eigenvalue weighted by Gasteiger charge is -2.05. The number of carbonyl (C=O) groups excluding carboxylic acids is 1. The Bertz CT molecular complexity index is 898. The van der Waals surface area contributed by atoms with Crippen LogP contribution in [0, 0.1) is 24.4 Å². The van der Waals surface area contributed by atoms with Gasteiger partial charge >= 0.3 is 0 Å². The van der Waals surface area contributed by atoms with Crippen LogP contribution in [0.15, 0.2) is 30.5 Å². The Morgan fingerprint density at radius 1 is 1.23 bits per heavy atom. The minimum atomic E-state index is -1.60. The van der Waals surface area contributed by atoms with Gasteiger partial charge in [-0.3, -0.25) is 9.20 Å². The van der Waals surface area contributed by atoms with Crippen molar-refractivity contribution in [2.45, 2.75) is 6.92 Å². The van der Waals surface area contributed by atoms with Crippen molar-refractivity contribution >= 4 is 24.7 Å². The van der Waals surface area contributed by atoms with Crippen LogP contribution in [0.1, 0.15) is 21.7 Å². The summed E-state index contributed by atoms with van der Waals surface area (Å²) in [4.78, 5) is 16.9. The Morgan fingerprint density at radius 3 is 2.50 bits per heavy atom. The molecule has 0 saturated carbocycles. The second kappa shape index (κ2) is 5.01. The minimum absolute atomic E-state index is 0.198. The van der Waals surface area contributed by atoms with E-state index < -0.39 is 23.2 Å². The van der Waals surface area contributed by atoms with Crippen LogP contribution < -0.4 is 5.46 Å². The highest BCUT2D eigenvalue weighted by atomic mass is 19.2. The number of fused-ring (bicyclic) bond motifs is 1. The van der Waals surface area contributed by atoms with Crippen LogP contribution in [0.2, 0.25) is 0 Å². The number of pyridine rings is 1. The van der Waals surface area contributed by atoms with Crippen LogP contribution in [0.4, 0.5) is 13.2 Å². The molecule has 0 spiro atoms. The van der Waals surface area contributed by atoms with Gasteiger partial charge in [-0.1, -0.05) is 6.07 Å². The summed E-state index contributed by atoms with van der Waals surface area (Å²) >= 11 is 0. The third kappa shape index (κ3) is 2.09. The second-order valence-corrected chi connectivity index (χ2v) is 5.01. The van der Waals surface area contributed by atoms with Gasteiger partial charge in [0.05, 0.1) is 5.69 Å². The van der Waals surface area contributed by atoms with Crippen molar-refractivity contribution in [3.05, 3.63) is 64.9 Å². The highest BCUT2D eigenvalue weighted by Crippen LogP contribution is 2.19. The molecule has 0 atom stereocenters. The second-order valence-electron chi connectivity index (χ2n) is 5.01. The van der Waals surface area contributed by atoms with E-state index in [2.05, 4.69) is 4.98 Å². The van der Waals surface area contributed by atoms with Crippen molar-refractivity contribution in [3.63, 3.8) is 0 Å². The van der Waals surface area contributed by atoms with E-state index in [1.807, 2.05) is 13.9 Å². The lowest BCUT2D eigenvalue weighted by Crippen LogP contribution is -2.11. The number of hydrogen-bond acceptors (Lipinski definition) is 2. The SMILES string of the molecule is Bc1cccn2c(C(=O)c3cc(F)c(F)c(F)c3)c(C)nc12. The number of aryl methyl sites for hydroxylation is 1. The molecule has 0 amide bonds. The van der Waals surface area contributed by atoms with Gasteiger partial charge in [-0.2, -0.15) is 0 Å². The van der Waals surface area contributed by atoms with E-state index in [1.54, 1.807) is 23.6 Å². The van der Waals surface area contributed by atoms with E-state index in [1.165, 1.54) is 0 Å². The zero-order chi connectivity index (χ0) is 16.0. The summed E-state index contributed by atoms with van der Waals surface area (Å²) in [6.45, 7) is 1.63. The van der Waals surface area contributed by atoms with Crippen LogP contribution in [-0.4, -0.2) is 23.0 Å². The maximum Gasteiger partial charge on any atom is 0.211 e. The zero-order valence-corrected chi connectivity index (χ0v) is 11.8. The molecule has 7 heteroatoms. The number of hydrogen-bond donors (Lipinski definition) is 0. The van der Waals surface area contributed by atoms with Gasteiger partial charge < -0.3 is 0 Å². The molecule has 0 unspecified atom stereocenters. The molecule has 0 aliphatic heterocycles. The predicted octanol–water partition coefficient (Wildman–Crippen LogP) is 1.55. The van der Waals surface area contributed by atoms with E-state index in [0.717, 1.165) is 5.46 Å². The van der Waals surface area contributed by atoms with Crippen LogP contribution in [0.3, 0.4) is 0 Å². The molecule has 0 aliphatic rings. The molecular formula is C15H10BF3N2O. The molecule has 0 fully saturated rings. The third-order valence-electron chi connectivity index (χ3n) is 3.48. The number of carbonyl (C=O) groups is 1. The number of aromatic nitrogens is 2. The monoisotopic (exact) mass is 302 g/mol. The molecule has 3 nitrogen and oxygen atoms in total. The average molecular weight is 302 g/mol. The van der Waals surface area contributed by atoms with Gasteiger partial charge in [-0.05, 0) is 30.6 Å². The molecule has 0 saturated heterocycles. The van der Waals surface area contributed by atoms with Crippen LogP contribution in [0.5, 0.6) is 0 Å². The van der Waals surface area contributed by atoms with Crippen molar-refractivity contribution in [3.8, 4) is 0 Å². The first kappa shape index (κ1) is 14.4. The molecule has 0 bridgehead atoms. The van der Waals surface area contributed by atoms with Gasteiger partial charge in [0.2, 0.25) is 5.78 Å². The third-order valence-corrected chi connectivity index (χ3v) is 3.48. The summed E-state index contributed by atoms with van der Waals surface area (Å²) in [6.07, 6.45) is 1.64. The molecule has 0 radical (unpaired) electrons. The highest BCUT2D eigenvalue weighted by Gasteiger charge is 2.21. The van der Waals surface area contributed by atoms with Crippen LogP contribution >= 0.6 is 0 Å². The summed E-state index contributed by atoms with van der Waals surface area (Å²) in [5, 5.41) is 0. The van der Waals surface area contributed by atoms with Gasteiger partial charge in [0.1, 0.15) is 19.2 Å². The topological polar surface area (TPSA) is 34.4 Å². The van der Waals surface area contributed by atoms with E-state index in [0.29, 0.717) is 23.5 Å². The van der Waals surface area contributed by atoms with Gasteiger partial charge in [-0.25, -0.2) is 18.2 Å². The Morgan fingerprint density at radius 2 is 1.86 bits per heavy atom. The van der Waals surface area contributed by atoms with Crippen molar-refractivity contribution in [2.24, 2.45) is 0 Å². The fourth-order valence-corrected chi connectivity index (χ4v) is 2.41. The molecular weight excluding hydrogens is 292 g/mol. The number of halogens is 3. The van der Waals surface area contributed by atoms with Crippen molar-refractivity contribution in [1.29, 1.82) is 0 Å². The molecule has 3 rings (SSSR count). The number of ketones is 1. The van der Waals surface area contributed by atoms with Gasteiger partial charge in [0, 0.05) is 11.8 Å². The van der Waals surface area contributed by atoms with E-state index in [4.69, 9.17) is 0 Å². The lowest BCUT2D eigenvalue weighted by atomic mass is 9.98. The van der Waals surface area contributed by atoms with Crippen LogP contribution in [0.25, 0.3) is 5.65 Å². The highest BCUT2D eigenvalue weighted by molar-refractivity contribution is 6.36. The fourth-order valence-electron chi connectivity index (χ4n) is 2.41. The first-order valence-corrected chi connectivity index (χ1v) is 6.53. The quantitative estimate of drug-likeness (QED) is 0.409. The summed E-state index contributed by atoms with van der Waals surface area (Å²) in [7, 11) is 1.84. The van der Waals surface area contributed by atoms with E-state index in [9.17, 15) is 18.0 Å². The maximum absolute atomic E-state index is 13.3. The largest absolute Gasteiger partial charge is 0.297 e. The van der Waals surface area contributed by atoms with Crippen molar-refractivity contribution in [2.75, 3.05) is 0 Å². The molecule has 3 aromatic rings. The van der Waals surface area contributed by atoms with E-state index >= 15 is 0 Å². The number of benzene rings is 1.